The molecule has 1 saturated heterocycles. The lowest BCUT2D eigenvalue weighted by atomic mass is 9.89. The molecule has 1 aliphatic rings. The first-order chi connectivity index (χ1) is 9.91. The Morgan fingerprint density at radius 1 is 1.43 bits per heavy atom. The minimum absolute atomic E-state index is 0.437. The molecule has 4 N–H and O–H groups in total. The number of hydrogen-bond acceptors (Lipinski definition) is 4. The lowest BCUT2D eigenvalue weighted by Crippen LogP contribution is -2.56. The van der Waals surface area contributed by atoms with Crippen molar-refractivity contribution in [3.63, 3.8) is 0 Å². The minimum Gasteiger partial charge on any atom is -0.368 e. The fraction of sp³-hybridized carbons (Fsp3) is 0.562. The van der Waals surface area contributed by atoms with E-state index >= 15 is 0 Å². The molecule has 1 aliphatic heterocycles. The van der Waals surface area contributed by atoms with Crippen molar-refractivity contribution >= 4 is 5.91 Å². The van der Waals surface area contributed by atoms with Gasteiger partial charge in [-0.2, -0.15) is 0 Å². The van der Waals surface area contributed by atoms with Gasteiger partial charge in [0.15, 0.2) is 0 Å². The number of benzene rings is 1. The van der Waals surface area contributed by atoms with Gasteiger partial charge in [-0.15, -0.1) is 0 Å². The number of nitrogens with two attached hydrogens (primary N) is 2. The van der Waals surface area contributed by atoms with Crippen LogP contribution in [0.25, 0.3) is 0 Å². The van der Waals surface area contributed by atoms with Crippen LogP contribution in [0.3, 0.4) is 0 Å². The lowest BCUT2D eigenvalue weighted by Gasteiger charge is -2.32. The summed E-state index contributed by atoms with van der Waals surface area (Å²) in [6.07, 6.45) is 1.19. The van der Waals surface area contributed by atoms with Gasteiger partial charge in [0.2, 0.25) is 5.91 Å². The van der Waals surface area contributed by atoms with Crippen LogP contribution in [0.5, 0.6) is 0 Å². The second-order valence-electron chi connectivity index (χ2n) is 6.32. The molecule has 5 nitrogen and oxygen atoms in total. The van der Waals surface area contributed by atoms with Gasteiger partial charge in [0, 0.05) is 19.6 Å². The molecule has 1 heterocycles. The topological polar surface area (TPSA) is 75.6 Å². The molecule has 21 heavy (non-hydrogen) atoms. The molecule has 1 amide bonds. The number of carbonyl (C=O) groups is 1. The van der Waals surface area contributed by atoms with E-state index in [1.165, 1.54) is 6.42 Å². The Morgan fingerprint density at radius 2 is 2.10 bits per heavy atom. The van der Waals surface area contributed by atoms with Crippen molar-refractivity contribution in [2.75, 3.05) is 40.3 Å². The van der Waals surface area contributed by atoms with Crippen LogP contribution < -0.4 is 11.5 Å². The SMILES string of the molecule is CN1CCC(CN(C)CC(N)(C(N)=O)c2ccccc2)C1. The molecule has 116 valence electrons. The van der Waals surface area contributed by atoms with Crippen LogP contribution in [0.2, 0.25) is 0 Å². The van der Waals surface area contributed by atoms with E-state index in [1.807, 2.05) is 37.4 Å². The summed E-state index contributed by atoms with van der Waals surface area (Å²) >= 11 is 0. The van der Waals surface area contributed by atoms with Gasteiger partial charge in [0.25, 0.3) is 0 Å². The molecule has 0 aliphatic carbocycles. The number of likely N-dealkylation sites (tertiary alicyclic amines) is 1. The Hall–Kier alpha value is -1.43. The van der Waals surface area contributed by atoms with E-state index < -0.39 is 11.4 Å². The molecular weight excluding hydrogens is 264 g/mol. The highest BCUT2D eigenvalue weighted by Gasteiger charge is 2.35. The fourth-order valence-corrected chi connectivity index (χ4v) is 3.15. The van der Waals surface area contributed by atoms with Crippen molar-refractivity contribution in [1.29, 1.82) is 0 Å². The molecule has 2 rings (SSSR count). The summed E-state index contributed by atoms with van der Waals surface area (Å²) in [6.45, 7) is 3.61. The zero-order valence-corrected chi connectivity index (χ0v) is 13.0. The number of primary amides is 1. The maximum Gasteiger partial charge on any atom is 0.243 e. The van der Waals surface area contributed by atoms with Crippen molar-refractivity contribution in [3.8, 4) is 0 Å². The van der Waals surface area contributed by atoms with E-state index in [0.717, 1.165) is 25.2 Å². The van der Waals surface area contributed by atoms with Gasteiger partial charge >= 0.3 is 0 Å². The molecule has 2 unspecified atom stereocenters. The van der Waals surface area contributed by atoms with E-state index in [-0.39, 0.29) is 0 Å². The third-order valence-corrected chi connectivity index (χ3v) is 4.31. The molecule has 1 fully saturated rings. The van der Waals surface area contributed by atoms with E-state index in [9.17, 15) is 4.79 Å². The van der Waals surface area contributed by atoms with Gasteiger partial charge in [0.1, 0.15) is 5.54 Å². The highest BCUT2D eigenvalue weighted by atomic mass is 16.1. The van der Waals surface area contributed by atoms with Crippen LogP contribution in [-0.4, -0.2) is 56.0 Å². The summed E-state index contributed by atoms with van der Waals surface area (Å²) in [4.78, 5) is 16.4. The van der Waals surface area contributed by atoms with Crippen molar-refractivity contribution in [1.82, 2.24) is 9.80 Å². The van der Waals surface area contributed by atoms with Crippen LogP contribution in [0.15, 0.2) is 30.3 Å². The summed E-state index contributed by atoms with van der Waals surface area (Å²) < 4.78 is 0. The molecule has 0 bridgehead atoms. The Balaban J connectivity index is 2.04. The Morgan fingerprint density at radius 3 is 2.62 bits per heavy atom. The summed E-state index contributed by atoms with van der Waals surface area (Å²) in [5.41, 5.74) is 11.6. The number of nitrogens with zero attached hydrogens (tertiary/aromatic N) is 2. The molecule has 0 aromatic heterocycles. The smallest absolute Gasteiger partial charge is 0.243 e. The highest BCUT2D eigenvalue weighted by molar-refractivity contribution is 5.86. The summed E-state index contributed by atoms with van der Waals surface area (Å²) in [7, 11) is 4.15. The first-order valence-corrected chi connectivity index (χ1v) is 7.43. The normalized spacial score (nSPS) is 22.4. The molecule has 5 heteroatoms. The summed E-state index contributed by atoms with van der Waals surface area (Å²) in [5.74, 6) is 0.150. The molecule has 1 aromatic carbocycles. The first kappa shape index (κ1) is 15.9. The predicted octanol–water partition coefficient (Wildman–Crippen LogP) is 0.209. The van der Waals surface area contributed by atoms with Gasteiger partial charge in [-0.25, -0.2) is 0 Å². The van der Waals surface area contributed by atoms with Crippen LogP contribution in [0.4, 0.5) is 0 Å². The zero-order valence-electron chi connectivity index (χ0n) is 13.0. The molecule has 2 atom stereocenters. The average molecular weight is 290 g/mol. The molecular formula is C16H26N4O. The number of hydrogen-bond donors (Lipinski definition) is 2. The number of carbonyl (C=O) groups excluding carboxylic acids is 1. The Bertz CT molecular complexity index is 478. The second kappa shape index (κ2) is 6.56. The number of likely N-dealkylation sites (N-methyl/N-ethyl adjacent to an activating group) is 1. The van der Waals surface area contributed by atoms with Crippen LogP contribution >= 0.6 is 0 Å². The van der Waals surface area contributed by atoms with Crippen molar-refractivity contribution in [2.24, 2.45) is 17.4 Å². The van der Waals surface area contributed by atoms with Gasteiger partial charge in [0.05, 0.1) is 0 Å². The van der Waals surface area contributed by atoms with Gasteiger partial charge in [-0.05, 0) is 38.5 Å². The largest absolute Gasteiger partial charge is 0.368 e. The Kier molecular flexibility index (Phi) is 4.98. The van der Waals surface area contributed by atoms with Crippen LogP contribution in [0.1, 0.15) is 12.0 Å². The van der Waals surface area contributed by atoms with Crippen molar-refractivity contribution < 1.29 is 4.79 Å². The highest BCUT2D eigenvalue weighted by Crippen LogP contribution is 2.21. The summed E-state index contributed by atoms with van der Waals surface area (Å²) in [5, 5.41) is 0. The van der Waals surface area contributed by atoms with Gasteiger partial charge in [-0.1, -0.05) is 30.3 Å². The molecule has 0 saturated carbocycles. The number of amides is 1. The van der Waals surface area contributed by atoms with E-state index in [1.54, 1.807) is 0 Å². The number of rotatable bonds is 6. The second-order valence-corrected chi connectivity index (χ2v) is 6.32. The van der Waals surface area contributed by atoms with Gasteiger partial charge in [-0.3, -0.25) is 4.79 Å². The van der Waals surface area contributed by atoms with Crippen molar-refractivity contribution in [2.45, 2.75) is 12.0 Å². The van der Waals surface area contributed by atoms with Crippen LogP contribution in [-0.2, 0) is 10.3 Å². The molecule has 0 radical (unpaired) electrons. The standard InChI is InChI=1S/C16H26N4O/c1-19-9-8-13(10-19)11-20(2)12-16(18,15(17)21)14-6-4-3-5-7-14/h3-7,13H,8-12,18H2,1-2H3,(H2,17,21). The third kappa shape index (κ3) is 3.81. The zero-order chi connectivity index (χ0) is 15.5. The first-order valence-electron chi connectivity index (χ1n) is 7.43. The molecule has 1 aromatic rings. The quantitative estimate of drug-likeness (QED) is 0.785. The predicted molar refractivity (Wildman–Crippen MR) is 84.6 cm³/mol. The average Bonchev–Trinajstić information content (AvgIpc) is 2.84. The van der Waals surface area contributed by atoms with E-state index in [0.29, 0.717) is 12.5 Å². The van der Waals surface area contributed by atoms with E-state index in [2.05, 4.69) is 16.8 Å². The molecule has 0 spiro atoms. The van der Waals surface area contributed by atoms with Crippen molar-refractivity contribution in [3.05, 3.63) is 35.9 Å². The lowest BCUT2D eigenvalue weighted by molar-refractivity contribution is -0.124. The maximum absolute atomic E-state index is 11.9. The Labute approximate surface area is 126 Å². The summed E-state index contributed by atoms with van der Waals surface area (Å²) in [6, 6.07) is 9.39. The monoisotopic (exact) mass is 290 g/mol. The fourth-order valence-electron chi connectivity index (χ4n) is 3.15. The van der Waals surface area contributed by atoms with Gasteiger partial charge < -0.3 is 21.3 Å². The maximum atomic E-state index is 11.9. The minimum atomic E-state index is -1.14. The third-order valence-electron chi connectivity index (χ3n) is 4.31. The van der Waals surface area contributed by atoms with E-state index in [4.69, 9.17) is 11.5 Å². The van der Waals surface area contributed by atoms with Crippen LogP contribution in [0, 0.1) is 5.92 Å².